The van der Waals surface area contributed by atoms with E-state index in [1.54, 1.807) is 12.1 Å². The summed E-state index contributed by atoms with van der Waals surface area (Å²) in [6.07, 6.45) is 2.91. The highest BCUT2D eigenvalue weighted by atomic mass is 16.5. The van der Waals surface area contributed by atoms with Crippen LogP contribution in [0.1, 0.15) is 48.4 Å². The van der Waals surface area contributed by atoms with E-state index in [2.05, 4.69) is 15.2 Å². The van der Waals surface area contributed by atoms with E-state index in [1.807, 2.05) is 32.9 Å². The second-order valence-electron chi connectivity index (χ2n) is 7.38. The van der Waals surface area contributed by atoms with Gasteiger partial charge >= 0.3 is 5.69 Å². The molecule has 1 heterocycles. The Hall–Kier alpha value is -3.02. The fourth-order valence-electron chi connectivity index (χ4n) is 3.83. The molecule has 0 aliphatic heterocycles. The van der Waals surface area contributed by atoms with Gasteiger partial charge in [0.25, 0.3) is 0 Å². The molecule has 0 amide bonds. The molecule has 0 unspecified atom stereocenters. The van der Waals surface area contributed by atoms with E-state index < -0.39 is 0 Å². The summed E-state index contributed by atoms with van der Waals surface area (Å²) >= 11 is 0. The van der Waals surface area contributed by atoms with Gasteiger partial charge in [0.1, 0.15) is 17.2 Å². The van der Waals surface area contributed by atoms with Gasteiger partial charge in [-0.3, -0.25) is 4.98 Å². The van der Waals surface area contributed by atoms with Crippen LogP contribution in [-0.4, -0.2) is 20.3 Å². The molecular formula is C21H23N3O3. The van der Waals surface area contributed by atoms with E-state index >= 15 is 0 Å². The molecule has 3 aromatic rings. The number of aryl methyl sites for hydroxylation is 1. The maximum atomic E-state index is 11.5. The van der Waals surface area contributed by atoms with E-state index in [-0.39, 0.29) is 17.4 Å². The van der Waals surface area contributed by atoms with Crippen molar-refractivity contribution in [2.24, 2.45) is 0 Å². The minimum atomic E-state index is -0.306. The van der Waals surface area contributed by atoms with Gasteiger partial charge in [0.2, 0.25) is 0 Å². The third-order valence-electron chi connectivity index (χ3n) is 5.13. The molecule has 3 N–H and O–H groups in total. The van der Waals surface area contributed by atoms with E-state index in [0.717, 1.165) is 47.5 Å². The van der Waals surface area contributed by atoms with Crippen molar-refractivity contribution in [2.75, 3.05) is 0 Å². The lowest BCUT2D eigenvalue weighted by molar-refractivity contribution is 0.452. The average Bonchev–Trinajstić information content (AvgIpc) is 3.27. The Morgan fingerprint density at radius 2 is 1.96 bits per heavy atom. The summed E-state index contributed by atoms with van der Waals surface area (Å²) in [5.74, 6) is 2.65. The number of fused-ring (bicyclic) bond motifs is 1. The zero-order chi connectivity index (χ0) is 19.1. The van der Waals surface area contributed by atoms with Crippen LogP contribution >= 0.6 is 0 Å². The maximum absolute atomic E-state index is 11.5. The summed E-state index contributed by atoms with van der Waals surface area (Å²) in [7, 11) is 0. The zero-order valence-corrected chi connectivity index (χ0v) is 15.7. The molecule has 0 saturated heterocycles. The second-order valence-corrected chi connectivity index (χ2v) is 7.38. The van der Waals surface area contributed by atoms with Crippen LogP contribution in [0.3, 0.4) is 0 Å². The number of aromatic nitrogens is 3. The summed E-state index contributed by atoms with van der Waals surface area (Å²) in [5.41, 5.74) is 4.87. The minimum Gasteiger partial charge on any atom is -0.508 e. The van der Waals surface area contributed by atoms with E-state index in [0.29, 0.717) is 5.82 Å². The molecule has 0 saturated carbocycles. The van der Waals surface area contributed by atoms with Crippen molar-refractivity contribution < 1.29 is 9.84 Å². The van der Waals surface area contributed by atoms with Gasteiger partial charge in [-0.1, -0.05) is 13.8 Å². The Morgan fingerprint density at radius 3 is 2.67 bits per heavy atom. The minimum absolute atomic E-state index is 0.208. The van der Waals surface area contributed by atoms with Gasteiger partial charge in [0.05, 0.1) is 0 Å². The Labute approximate surface area is 157 Å². The van der Waals surface area contributed by atoms with Crippen LogP contribution in [0.15, 0.2) is 29.1 Å². The van der Waals surface area contributed by atoms with Crippen molar-refractivity contribution in [2.45, 2.75) is 46.0 Å². The number of phenols is 1. The molecule has 1 aromatic heterocycles. The van der Waals surface area contributed by atoms with Crippen molar-refractivity contribution >= 4 is 0 Å². The number of hydrogen-bond acceptors (Lipinski definition) is 4. The quantitative estimate of drug-likeness (QED) is 0.647. The largest absolute Gasteiger partial charge is 0.508 e. The first-order valence-electron chi connectivity index (χ1n) is 9.25. The average molecular weight is 365 g/mol. The Kier molecular flexibility index (Phi) is 4.26. The highest BCUT2D eigenvalue weighted by Crippen LogP contribution is 2.42. The molecule has 0 atom stereocenters. The second kappa shape index (κ2) is 6.61. The summed E-state index contributed by atoms with van der Waals surface area (Å²) < 4.78 is 6.28. The number of aromatic hydroxyl groups is 1. The van der Waals surface area contributed by atoms with Gasteiger partial charge in [-0.15, -0.1) is 0 Å². The summed E-state index contributed by atoms with van der Waals surface area (Å²) in [4.78, 5) is 14.2. The molecule has 0 spiro atoms. The van der Waals surface area contributed by atoms with E-state index in [9.17, 15) is 9.90 Å². The third-order valence-corrected chi connectivity index (χ3v) is 5.13. The van der Waals surface area contributed by atoms with Gasteiger partial charge in [-0.25, -0.2) is 9.89 Å². The van der Waals surface area contributed by atoms with Gasteiger partial charge < -0.3 is 9.84 Å². The van der Waals surface area contributed by atoms with Crippen LogP contribution in [0.2, 0.25) is 0 Å². The van der Waals surface area contributed by atoms with Crippen LogP contribution in [0.5, 0.6) is 17.2 Å². The number of H-pyrrole nitrogens is 2. The standard InChI is InChI=1S/C21H23N3O3/c1-11(2)16-10-13(7-8-18(16)25)27-19-12(3)9-17(14-5-4-6-15(14)19)20-22-21(26)24-23-20/h7-11,25H,4-6H2,1-3H3,(H2,22,23,24,26). The smallest absolute Gasteiger partial charge is 0.340 e. The Bertz CT molecular complexity index is 1060. The number of benzene rings is 2. The van der Waals surface area contributed by atoms with Gasteiger partial charge in [-0.05, 0) is 73.1 Å². The highest BCUT2D eigenvalue weighted by Gasteiger charge is 2.24. The van der Waals surface area contributed by atoms with Crippen molar-refractivity contribution in [3.63, 3.8) is 0 Å². The van der Waals surface area contributed by atoms with Crippen LogP contribution in [-0.2, 0) is 12.8 Å². The van der Waals surface area contributed by atoms with Crippen molar-refractivity contribution in [1.82, 2.24) is 15.2 Å². The van der Waals surface area contributed by atoms with Crippen LogP contribution in [0, 0.1) is 6.92 Å². The number of phenolic OH excluding ortho intramolecular Hbond substituents is 1. The summed E-state index contributed by atoms with van der Waals surface area (Å²) in [6.45, 7) is 6.09. The first-order valence-corrected chi connectivity index (χ1v) is 9.25. The van der Waals surface area contributed by atoms with Gasteiger partial charge in [0.15, 0.2) is 5.82 Å². The first kappa shape index (κ1) is 17.4. The molecule has 1 aliphatic carbocycles. The summed E-state index contributed by atoms with van der Waals surface area (Å²) in [5, 5.41) is 16.6. The molecule has 6 nitrogen and oxygen atoms in total. The van der Waals surface area contributed by atoms with E-state index in [1.165, 1.54) is 11.1 Å². The molecule has 140 valence electrons. The van der Waals surface area contributed by atoms with Crippen LogP contribution < -0.4 is 10.4 Å². The molecule has 0 bridgehead atoms. The molecule has 2 aromatic carbocycles. The Morgan fingerprint density at radius 1 is 1.19 bits per heavy atom. The number of aromatic amines is 2. The molecule has 0 fully saturated rings. The lowest BCUT2D eigenvalue weighted by Gasteiger charge is -2.17. The number of ether oxygens (including phenoxy) is 1. The number of hydrogen-bond donors (Lipinski definition) is 3. The summed E-state index contributed by atoms with van der Waals surface area (Å²) in [6, 6.07) is 7.40. The normalized spacial score (nSPS) is 13.2. The predicted octanol–water partition coefficient (Wildman–Crippen LogP) is 4.18. The fraction of sp³-hybridized carbons (Fsp3) is 0.333. The number of nitrogens with zero attached hydrogens (tertiary/aromatic N) is 1. The third kappa shape index (κ3) is 3.12. The number of nitrogens with one attached hydrogen (secondary N) is 2. The van der Waals surface area contributed by atoms with Gasteiger partial charge in [0, 0.05) is 11.1 Å². The van der Waals surface area contributed by atoms with Crippen molar-refractivity contribution in [3.8, 4) is 28.6 Å². The Balaban J connectivity index is 1.78. The first-order chi connectivity index (χ1) is 12.9. The van der Waals surface area contributed by atoms with Crippen molar-refractivity contribution in [1.29, 1.82) is 0 Å². The monoisotopic (exact) mass is 365 g/mol. The van der Waals surface area contributed by atoms with E-state index in [4.69, 9.17) is 4.74 Å². The topological polar surface area (TPSA) is 91.0 Å². The van der Waals surface area contributed by atoms with Gasteiger partial charge in [-0.2, -0.15) is 5.10 Å². The lowest BCUT2D eigenvalue weighted by Crippen LogP contribution is -2.01. The zero-order valence-electron chi connectivity index (χ0n) is 15.7. The fourth-order valence-corrected chi connectivity index (χ4v) is 3.83. The molecular weight excluding hydrogens is 342 g/mol. The molecule has 0 radical (unpaired) electrons. The SMILES string of the molecule is Cc1cc(-c2n[nH]c(=O)[nH]2)c2c(c1Oc1ccc(O)c(C(C)C)c1)CCC2. The maximum Gasteiger partial charge on any atom is 0.340 e. The molecule has 1 aliphatic rings. The van der Waals surface area contributed by atoms with Crippen LogP contribution in [0.25, 0.3) is 11.4 Å². The lowest BCUT2D eigenvalue weighted by atomic mass is 9.98. The molecule has 4 rings (SSSR count). The molecule has 6 heteroatoms. The van der Waals surface area contributed by atoms with Crippen molar-refractivity contribution in [3.05, 3.63) is 57.0 Å². The predicted molar refractivity (Wildman–Crippen MR) is 104 cm³/mol. The molecule has 27 heavy (non-hydrogen) atoms. The van der Waals surface area contributed by atoms with Crippen LogP contribution in [0.4, 0.5) is 0 Å². The highest BCUT2D eigenvalue weighted by molar-refractivity contribution is 5.68. The number of rotatable bonds is 4.